The lowest BCUT2D eigenvalue weighted by atomic mass is 9.88. The van der Waals surface area contributed by atoms with Crippen molar-refractivity contribution in [3.05, 3.63) is 35.6 Å². The standard InChI is InChI=1S/C18H30FN/c1-3-4-5-6-7-8-11-14-18(2,20)15-16-12-9-10-13-17(16)19/h9-10,12-13H,3-8,11,14-15,20H2,1-2H3. The van der Waals surface area contributed by atoms with Crippen LogP contribution in [0.3, 0.4) is 0 Å². The summed E-state index contributed by atoms with van der Waals surface area (Å²) in [5.41, 5.74) is 6.75. The minimum atomic E-state index is -0.300. The highest BCUT2D eigenvalue weighted by Crippen LogP contribution is 2.20. The number of hydrogen-bond donors (Lipinski definition) is 1. The van der Waals surface area contributed by atoms with Crippen LogP contribution in [0.2, 0.25) is 0 Å². The molecule has 0 aliphatic carbocycles. The van der Waals surface area contributed by atoms with Crippen molar-refractivity contribution in [1.82, 2.24) is 0 Å². The van der Waals surface area contributed by atoms with Gasteiger partial charge in [0.05, 0.1) is 0 Å². The number of hydrogen-bond acceptors (Lipinski definition) is 1. The van der Waals surface area contributed by atoms with E-state index in [1.54, 1.807) is 6.07 Å². The van der Waals surface area contributed by atoms with Crippen molar-refractivity contribution in [2.45, 2.75) is 77.2 Å². The van der Waals surface area contributed by atoms with Crippen molar-refractivity contribution < 1.29 is 4.39 Å². The third-order valence-electron chi connectivity index (χ3n) is 3.90. The normalized spacial score (nSPS) is 14.2. The Morgan fingerprint density at radius 3 is 2.25 bits per heavy atom. The average molecular weight is 279 g/mol. The summed E-state index contributed by atoms with van der Waals surface area (Å²) in [7, 11) is 0. The molecule has 2 heteroatoms. The zero-order valence-electron chi connectivity index (χ0n) is 13.1. The molecule has 0 fully saturated rings. The zero-order chi connectivity index (χ0) is 14.8. The molecule has 1 nitrogen and oxygen atoms in total. The molecule has 0 radical (unpaired) electrons. The predicted octanol–water partition coefficient (Wildman–Crippen LogP) is 5.23. The largest absolute Gasteiger partial charge is 0.325 e. The van der Waals surface area contributed by atoms with Crippen LogP contribution in [0, 0.1) is 5.82 Å². The van der Waals surface area contributed by atoms with Crippen LogP contribution in [-0.4, -0.2) is 5.54 Å². The van der Waals surface area contributed by atoms with Crippen molar-refractivity contribution in [3.63, 3.8) is 0 Å². The van der Waals surface area contributed by atoms with Gasteiger partial charge in [0.25, 0.3) is 0 Å². The highest BCUT2D eigenvalue weighted by atomic mass is 19.1. The Kier molecular flexibility index (Phi) is 7.83. The maximum Gasteiger partial charge on any atom is 0.126 e. The maximum atomic E-state index is 13.6. The molecule has 1 unspecified atom stereocenters. The number of benzene rings is 1. The number of halogens is 1. The molecule has 0 aliphatic rings. The molecule has 0 amide bonds. The van der Waals surface area contributed by atoms with Crippen LogP contribution in [0.1, 0.15) is 70.8 Å². The van der Waals surface area contributed by atoms with E-state index in [1.807, 2.05) is 19.1 Å². The number of nitrogens with two attached hydrogens (primary N) is 1. The van der Waals surface area contributed by atoms with Gasteiger partial charge in [-0.1, -0.05) is 70.1 Å². The van der Waals surface area contributed by atoms with E-state index in [9.17, 15) is 4.39 Å². The topological polar surface area (TPSA) is 26.0 Å². The molecule has 0 saturated carbocycles. The highest BCUT2D eigenvalue weighted by Gasteiger charge is 2.20. The van der Waals surface area contributed by atoms with Crippen LogP contribution in [0.15, 0.2) is 24.3 Å². The van der Waals surface area contributed by atoms with Crippen molar-refractivity contribution in [1.29, 1.82) is 0 Å². The van der Waals surface area contributed by atoms with E-state index in [0.29, 0.717) is 6.42 Å². The fraction of sp³-hybridized carbons (Fsp3) is 0.667. The Morgan fingerprint density at radius 1 is 1.00 bits per heavy atom. The first-order valence-electron chi connectivity index (χ1n) is 8.07. The molecule has 0 aromatic heterocycles. The van der Waals surface area contributed by atoms with E-state index in [1.165, 1.54) is 44.6 Å². The molecule has 0 heterocycles. The SMILES string of the molecule is CCCCCCCCCC(C)(N)Cc1ccccc1F. The van der Waals surface area contributed by atoms with E-state index in [2.05, 4.69) is 6.92 Å². The second-order valence-corrected chi connectivity index (χ2v) is 6.29. The van der Waals surface area contributed by atoms with E-state index in [0.717, 1.165) is 18.4 Å². The van der Waals surface area contributed by atoms with E-state index in [-0.39, 0.29) is 11.4 Å². The van der Waals surface area contributed by atoms with Gasteiger partial charge in [-0.25, -0.2) is 4.39 Å². The van der Waals surface area contributed by atoms with E-state index >= 15 is 0 Å². The van der Waals surface area contributed by atoms with Gasteiger partial charge in [-0.2, -0.15) is 0 Å². The van der Waals surface area contributed by atoms with Gasteiger partial charge in [-0.05, 0) is 31.4 Å². The summed E-state index contributed by atoms with van der Waals surface area (Å²) in [6.07, 6.45) is 10.6. The molecule has 1 atom stereocenters. The molecule has 1 aromatic carbocycles. The van der Waals surface area contributed by atoms with Crippen molar-refractivity contribution in [2.75, 3.05) is 0 Å². The summed E-state index contributed by atoms with van der Waals surface area (Å²) < 4.78 is 13.6. The van der Waals surface area contributed by atoms with Gasteiger partial charge in [0, 0.05) is 5.54 Å². The second kappa shape index (κ2) is 9.12. The number of unbranched alkanes of at least 4 members (excludes halogenated alkanes) is 6. The third kappa shape index (κ3) is 7.04. The van der Waals surface area contributed by atoms with Crippen LogP contribution in [0.4, 0.5) is 4.39 Å². The summed E-state index contributed by atoms with van der Waals surface area (Å²) >= 11 is 0. The molecular formula is C18H30FN. The highest BCUT2D eigenvalue weighted by molar-refractivity contribution is 5.19. The Balaban J connectivity index is 2.23. The Bertz CT molecular complexity index is 373. The van der Waals surface area contributed by atoms with Gasteiger partial charge in [0.1, 0.15) is 5.82 Å². The van der Waals surface area contributed by atoms with Gasteiger partial charge in [-0.15, -0.1) is 0 Å². The Morgan fingerprint density at radius 2 is 1.60 bits per heavy atom. The fourth-order valence-electron chi connectivity index (χ4n) is 2.65. The lowest BCUT2D eigenvalue weighted by Gasteiger charge is -2.25. The summed E-state index contributed by atoms with van der Waals surface area (Å²) in [6.45, 7) is 4.28. The molecule has 0 bridgehead atoms. The van der Waals surface area contributed by atoms with Crippen LogP contribution < -0.4 is 5.73 Å². The van der Waals surface area contributed by atoms with E-state index < -0.39 is 0 Å². The van der Waals surface area contributed by atoms with Crippen LogP contribution in [-0.2, 0) is 6.42 Å². The van der Waals surface area contributed by atoms with Crippen LogP contribution >= 0.6 is 0 Å². The molecule has 2 N–H and O–H groups in total. The predicted molar refractivity (Wildman–Crippen MR) is 85.3 cm³/mol. The van der Waals surface area contributed by atoms with Gasteiger partial charge in [0.15, 0.2) is 0 Å². The van der Waals surface area contributed by atoms with Crippen LogP contribution in [0.5, 0.6) is 0 Å². The monoisotopic (exact) mass is 279 g/mol. The summed E-state index contributed by atoms with van der Waals surface area (Å²) in [6, 6.07) is 6.95. The van der Waals surface area contributed by atoms with E-state index in [4.69, 9.17) is 5.73 Å². The smallest absolute Gasteiger partial charge is 0.126 e. The molecule has 0 saturated heterocycles. The van der Waals surface area contributed by atoms with Gasteiger partial charge >= 0.3 is 0 Å². The zero-order valence-corrected chi connectivity index (χ0v) is 13.1. The van der Waals surface area contributed by atoms with Crippen molar-refractivity contribution in [3.8, 4) is 0 Å². The third-order valence-corrected chi connectivity index (χ3v) is 3.90. The first kappa shape index (κ1) is 17.2. The minimum Gasteiger partial charge on any atom is -0.325 e. The molecule has 1 rings (SSSR count). The van der Waals surface area contributed by atoms with Gasteiger partial charge < -0.3 is 5.73 Å². The molecule has 0 spiro atoms. The molecular weight excluding hydrogens is 249 g/mol. The van der Waals surface area contributed by atoms with Gasteiger partial charge in [-0.3, -0.25) is 0 Å². The summed E-state index contributed by atoms with van der Waals surface area (Å²) in [5, 5.41) is 0. The first-order chi connectivity index (χ1) is 9.55. The summed E-state index contributed by atoms with van der Waals surface area (Å²) in [4.78, 5) is 0. The van der Waals surface area contributed by atoms with Crippen molar-refractivity contribution in [2.24, 2.45) is 5.73 Å². The molecule has 114 valence electrons. The molecule has 1 aromatic rings. The van der Waals surface area contributed by atoms with Gasteiger partial charge in [0.2, 0.25) is 0 Å². The first-order valence-corrected chi connectivity index (χ1v) is 8.07. The number of rotatable bonds is 10. The lowest BCUT2D eigenvalue weighted by molar-refractivity contribution is 0.398. The summed E-state index contributed by atoms with van der Waals surface area (Å²) in [5.74, 6) is -0.135. The minimum absolute atomic E-state index is 0.135. The lowest BCUT2D eigenvalue weighted by Crippen LogP contribution is -2.38. The Hall–Kier alpha value is -0.890. The molecule has 0 aliphatic heterocycles. The fourth-order valence-corrected chi connectivity index (χ4v) is 2.65. The molecule has 20 heavy (non-hydrogen) atoms. The van der Waals surface area contributed by atoms with Crippen LogP contribution in [0.25, 0.3) is 0 Å². The Labute approximate surface area is 123 Å². The average Bonchev–Trinajstić information content (AvgIpc) is 2.40. The second-order valence-electron chi connectivity index (χ2n) is 6.29. The quantitative estimate of drug-likeness (QED) is 0.583. The van der Waals surface area contributed by atoms with Crippen molar-refractivity contribution >= 4 is 0 Å². The maximum absolute atomic E-state index is 13.6.